The van der Waals surface area contributed by atoms with Gasteiger partial charge in [-0.3, -0.25) is 19.6 Å². The maximum absolute atomic E-state index is 12.4. The first-order valence-electron chi connectivity index (χ1n) is 10.3. The Morgan fingerprint density at radius 2 is 1.48 bits per heavy atom. The number of anilines is 1. The van der Waals surface area contributed by atoms with Crippen molar-refractivity contribution in [3.8, 4) is 0 Å². The first kappa shape index (κ1) is 22.5. The summed E-state index contributed by atoms with van der Waals surface area (Å²) in [7, 11) is 0. The van der Waals surface area contributed by atoms with E-state index in [-0.39, 0.29) is 22.9 Å². The van der Waals surface area contributed by atoms with E-state index < -0.39 is 17.7 Å². The lowest BCUT2D eigenvalue weighted by Gasteiger charge is -2.42. The Kier molecular flexibility index (Phi) is 6.18. The molecule has 1 aliphatic carbocycles. The van der Waals surface area contributed by atoms with Gasteiger partial charge in [-0.25, -0.2) is 5.48 Å². The summed E-state index contributed by atoms with van der Waals surface area (Å²) in [5.74, 6) is -2.09. The molecule has 4 N–H and O–H groups in total. The molecule has 0 bridgehead atoms. The van der Waals surface area contributed by atoms with E-state index in [1.165, 1.54) is 23.3 Å². The minimum atomic E-state index is -0.741. The van der Waals surface area contributed by atoms with Crippen LogP contribution in [-0.4, -0.2) is 22.9 Å². The standard InChI is InChI=1S/C24H29N3O4/c1-23(2)11-12-24(3,4)19-13-17(9-10-18(19)23)26-22(30)21(29)25-14-15-5-7-16(8-6-15)20(28)27-31/h5-10,13,31H,11-12,14H2,1-4H3,(H,25,29)(H,26,30)(H,27,28). The minimum absolute atomic E-state index is 0.00689. The zero-order valence-electron chi connectivity index (χ0n) is 18.3. The third kappa shape index (κ3) is 4.94. The summed E-state index contributed by atoms with van der Waals surface area (Å²) in [4.78, 5) is 35.9. The summed E-state index contributed by atoms with van der Waals surface area (Å²) >= 11 is 0. The Morgan fingerprint density at radius 1 is 0.871 bits per heavy atom. The van der Waals surface area contributed by atoms with Gasteiger partial charge < -0.3 is 10.6 Å². The third-order valence-corrected chi connectivity index (χ3v) is 6.09. The Balaban J connectivity index is 1.64. The van der Waals surface area contributed by atoms with Crippen molar-refractivity contribution in [2.24, 2.45) is 0 Å². The predicted octanol–water partition coefficient (Wildman–Crippen LogP) is 3.41. The minimum Gasteiger partial charge on any atom is -0.344 e. The van der Waals surface area contributed by atoms with Crippen LogP contribution in [-0.2, 0) is 27.0 Å². The number of hydrogen-bond donors (Lipinski definition) is 4. The second-order valence-electron chi connectivity index (χ2n) is 9.30. The van der Waals surface area contributed by atoms with E-state index in [0.29, 0.717) is 11.3 Å². The molecule has 31 heavy (non-hydrogen) atoms. The van der Waals surface area contributed by atoms with Gasteiger partial charge in [0.05, 0.1) is 0 Å². The first-order chi connectivity index (χ1) is 14.5. The Labute approximate surface area is 182 Å². The summed E-state index contributed by atoms with van der Waals surface area (Å²) < 4.78 is 0. The predicted molar refractivity (Wildman–Crippen MR) is 118 cm³/mol. The molecule has 3 amide bonds. The molecule has 164 valence electrons. The molecule has 0 heterocycles. The van der Waals surface area contributed by atoms with Crippen molar-refractivity contribution in [3.05, 3.63) is 64.7 Å². The molecule has 7 nitrogen and oxygen atoms in total. The number of fused-ring (bicyclic) bond motifs is 1. The smallest absolute Gasteiger partial charge is 0.313 e. The molecule has 0 saturated heterocycles. The molecule has 0 saturated carbocycles. The van der Waals surface area contributed by atoms with Crippen LogP contribution in [0.1, 0.15) is 67.6 Å². The van der Waals surface area contributed by atoms with Crippen molar-refractivity contribution in [3.63, 3.8) is 0 Å². The maximum Gasteiger partial charge on any atom is 0.313 e. The van der Waals surface area contributed by atoms with E-state index in [9.17, 15) is 14.4 Å². The summed E-state index contributed by atoms with van der Waals surface area (Å²) in [6.45, 7) is 9.01. The van der Waals surface area contributed by atoms with Crippen molar-refractivity contribution in [1.29, 1.82) is 0 Å². The van der Waals surface area contributed by atoms with Crippen molar-refractivity contribution in [2.45, 2.75) is 57.9 Å². The van der Waals surface area contributed by atoms with Gasteiger partial charge >= 0.3 is 11.8 Å². The molecule has 0 aromatic heterocycles. The highest BCUT2D eigenvalue weighted by Crippen LogP contribution is 2.46. The van der Waals surface area contributed by atoms with E-state index in [1.807, 2.05) is 18.2 Å². The lowest BCUT2D eigenvalue weighted by atomic mass is 9.63. The van der Waals surface area contributed by atoms with Crippen LogP contribution < -0.4 is 16.1 Å². The molecule has 0 unspecified atom stereocenters. The number of hydroxylamine groups is 1. The molecule has 0 spiro atoms. The zero-order valence-corrected chi connectivity index (χ0v) is 18.3. The molecular weight excluding hydrogens is 394 g/mol. The summed E-state index contributed by atoms with van der Waals surface area (Å²) in [5.41, 5.74) is 5.73. The topological polar surface area (TPSA) is 108 Å². The molecule has 0 radical (unpaired) electrons. The van der Waals surface area contributed by atoms with Gasteiger partial charge in [-0.1, -0.05) is 45.9 Å². The van der Waals surface area contributed by atoms with Crippen LogP contribution in [0.2, 0.25) is 0 Å². The highest BCUT2D eigenvalue weighted by molar-refractivity contribution is 6.39. The maximum atomic E-state index is 12.4. The highest BCUT2D eigenvalue weighted by atomic mass is 16.5. The van der Waals surface area contributed by atoms with Gasteiger partial charge in [0, 0.05) is 17.8 Å². The lowest BCUT2D eigenvalue weighted by Crippen LogP contribution is -2.36. The summed E-state index contributed by atoms with van der Waals surface area (Å²) in [6.07, 6.45) is 2.16. The monoisotopic (exact) mass is 423 g/mol. The quantitative estimate of drug-likeness (QED) is 0.343. The molecule has 0 aliphatic heterocycles. The molecule has 2 aromatic carbocycles. The van der Waals surface area contributed by atoms with E-state index in [1.54, 1.807) is 17.6 Å². The van der Waals surface area contributed by atoms with Crippen molar-refractivity contribution in [2.75, 3.05) is 5.32 Å². The lowest BCUT2D eigenvalue weighted by molar-refractivity contribution is -0.136. The largest absolute Gasteiger partial charge is 0.344 e. The highest BCUT2D eigenvalue weighted by Gasteiger charge is 2.37. The van der Waals surface area contributed by atoms with Crippen LogP contribution in [0, 0.1) is 0 Å². The van der Waals surface area contributed by atoms with E-state index in [4.69, 9.17) is 5.21 Å². The zero-order chi connectivity index (χ0) is 22.8. The summed E-state index contributed by atoms with van der Waals surface area (Å²) in [6, 6.07) is 12.2. The van der Waals surface area contributed by atoms with Gasteiger partial charge in [-0.15, -0.1) is 0 Å². The number of carbonyl (C=O) groups is 3. The number of amides is 3. The van der Waals surface area contributed by atoms with Gasteiger partial charge in [-0.2, -0.15) is 0 Å². The van der Waals surface area contributed by atoms with Gasteiger partial charge in [0.1, 0.15) is 0 Å². The molecule has 0 fully saturated rings. The fourth-order valence-electron chi connectivity index (χ4n) is 3.96. The first-order valence-corrected chi connectivity index (χ1v) is 10.3. The van der Waals surface area contributed by atoms with Crippen molar-refractivity contribution in [1.82, 2.24) is 10.8 Å². The Hall–Kier alpha value is -3.19. The molecule has 1 aliphatic rings. The van der Waals surface area contributed by atoms with Crippen LogP contribution >= 0.6 is 0 Å². The SMILES string of the molecule is CC1(C)CCC(C)(C)c2cc(NC(=O)C(=O)NCc3ccc(C(=O)NO)cc3)ccc21. The van der Waals surface area contributed by atoms with Crippen LogP contribution in [0.3, 0.4) is 0 Å². The average Bonchev–Trinajstić information content (AvgIpc) is 2.75. The van der Waals surface area contributed by atoms with Crippen LogP contribution in [0.4, 0.5) is 5.69 Å². The number of rotatable bonds is 4. The normalized spacial score (nSPS) is 16.0. The molecule has 0 atom stereocenters. The molecular formula is C24H29N3O4. The van der Waals surface area contributed by atoms with Gasteiger partial charge in [0.2, 0.25) is 0 Å². The van der Waals surface area contributed by atoms with E-state index in [0.717, 1.165) is 12.8 Å². The molecule has 3 rings (SSSR count). The van der Waals surface area contributed by atoms with Gasteiger partial charge in [0.25, 0.3) is 5.91 Å². The van der Waals surface area contributed by atoms with E-state index >= 15 is 0 Å². The number of benzene rings is 2. The number of hydrogen-bond acceptors (Lipinski definition) is 4. The van der Waals surface area contributed by atoms with Crippen molar-refractivity contribution >= 4 is 23.4 Å². The Bertz CT molecular complexity index is 1010. The average molecular weight is 424 g/mol. The number of carbonyl (C=O) groups excluding carboxylic acids is 3. The Morgan fingerprint density at radius 3 is 2.10 bits per heavy atom. The number of nitrogens with one attached hydrogen (secondary N) is 3. The van der Waals surface area contributed by atoms with Crippen LogP contribution in [0.5, 0.6) is 0 Å². The van der Waals surface area contributed by atoms with E-state index in [2.05, 4.69) is 38.3 Å². The van der Waals surface area contributed by atoms with Crippen molar-refractivity contribution < 1.29 is 19.6 Å². The summed E-state index contributed by atoms with van der Waals surface area (Å²) in [5, 5.41) is 13.9. The molecule has 2 aromatic rings. The second kappa shape index (κ2) is 8.51. The van der Waals surface area contributed by atoms with Gasteiger partial charge in [-0.05, 0) is 64.6 Å². The third-order valence-electron chi connectivity index (χ3n) is 6.09. The van der Waals surface area contributed by atoms with Gasteiger partial charge in [0.15, 0.2) is 0 Å². The van der Waals surface area contributed by atoms with Crippen LogP contribution in [0.15, 0.2) is 42.5 Å². The second-order valence-corrected chi connectivity index (χ2v) is 9.30. The van der Waals surface area contributed by atoms with Crippen LogP contribution in [0.25, 0.3) is 0 Å². The fourth-order valence-corrected chi connectivity index (χ4v) is 3.96. The molecule has 7 heteroatoms. The fraction of sp³-hybridized carbons (Fsp3) is 0.375.